The lowest BCUT2D eigenvalue weighted by molar-refractivity contribution is -0.377. The molecular formula is C28H38O19. The highest BCUT2D eigenvalue weighted by Crippen LogP contribution is 2.35. The molecule has 0 aromatic rings. The van der Waals surface area contributed by atoms with Crippen LogP contribution in [0.3, 0.4) is 0 Å². The van der Waals surface area contributed by atoms with E-state index < -0.39 is 122 Å². The molecule has 2 aliphatic rings. The Morgan fingerprint density at radius 1 is 0.383 bits per heavy atom. The Morgan fingerprint density at radius 3 is 0.894 bits per heavy atom. The van der Waals surface area contributed by atoms with E-state index in [1.807, 2.05) is 0 Å². The Kier molecular flexibility index (Phi) is 14.5. The molecule has 0 spiro atoms. The minimum Gasteiger partial charge on any atom is -0.463 e. The number of carbonyl (C=O) groups excluding carboxylic acids is 8. The molecule has 264 valence electrons. The van der Waals surface area contributed by atoms with Crippen LogP contribution < -0.4 is 0 Å². The van der Waals surface area contributed by atoms with E-state index in [-0.39, 0.29) is 0 Å². The van der Waals surface area contributed by atoms with Gasteiger partial charge in [-0.05, 0) is 0 Å². The molecule has 0 aliphatic carbocycles. The van der Waals surface area contributed by atoms with Crippen LogP contribution in [0.2, 0.25) is 0 Å². The predicted molar refractivity (Wildman–Crippen MR) is 145 cm³/mol. The average molecular weight is 679 g/mol. The van der Waals surface area contributed by atoms with Crippen LogP contribution in [0.15, 0.2) is 0 Å². The minimum atomic E-state index is -1.84. The minimum absolute atomic E-state index is 0.587. The summed E-state index contributed by atoms with van der Waals surface area (Å²) in [6.07, 6.45) is -16.3. The van der Waals surface area contributed by atoms with E-state index in [2.05, 4.69) is 0 Å². The number of hydrogen-bond donors (Lipinski definition) is 0. The fraction of sp³-hybridized carbons (Fsp3) is 0.714. The smallest absolute Gasteiger partial charge is 0.303 e. The zero-order chi connectivity index (χ0) is 35.6. The van der Waals surface area contributed by atoms with Crippen molar-refractivity contribution in [3.63, 3.8) is 0 Å². The molecule has 0 bridgehead atoms. The third-order valence-electron chi connectivity index (χ3n) is 6.16. The monoisotopic (exact) mass is 678 g/mol. The summed E-state index contributed by atoms with van der Waals surface area (Å²) in [6, 6.07) is 0. The molecule has 2 rings (SSSR count). The van der Waals surface area contributed by atoms with Crippen LogP contribution in [-0.4, -0.2) is 122 Å². The molecular weight excluding hydrogens is 640 g/mol. The molecule has 0 aromatic carbocycles. The Hall–Kier alpha value is -4.36. The summed E-state index contributed by atoms with van der Waals surface area (Å²) in [4.78, 5) is 96.2. The van der Waals surface area contributed by atoms with Crippen LogP contribution >= 0.6 is 0 Å². The van der Waals surface area contributed by atoms with Crippen molar-refractivity contribution < 1.29 is 90.5 Å². The van der Waals surface area contributed by atoms with E-state index in [0.29, 0.717) is 0 Å². The number of esters is 8. The van der Waals surface area contributed by atoms with Crippen molar-refractivity contribution in [2.24, 2.45) is 0 Å². The Bertz CT molecular complexity index is 1110. The van der Waals surface area contributed by atoms with Gasteiger partial charge >= 0.3 is 47.8 Å². The summed E-state index contributed by atoms with van der Waals surface area (Å²) in [6.45, 7) is 7.10. The van der Waals surface area contributed by atoms with Crippen molar-refractivity contribution in [1.82, 2.24) is 0 Å². The van der Waals surface area contributed by atoms with Gasteiger partial charge < -0.3 is 52.1 Å². The van der Waals surface area contributed by atoms with E-state index in [0.717, 1.165) is 55.4 Å². The summed E-state index contributed by atoms with van der Waals surface area (Å²) in [7, 11) is 0. The molecule has 0 aromatic heterocycles. The van der Waals surface area contributed by atoms with E-state index >= 15 is 0 Å². The molecule has 0 radical (unpaired) electrons. The molecule has 2 aliphatic heterocycles. The van der Waals surface area contributed by atoms with Crippen molar-refractivity contribution >= 4 is 47.8 Å². The van der Waals surface area contributed by atoms with E-state index in [1.165, 1.54) is 0 Å². The molecule has 19 nitrogen and oxygen atoms in total. The molecule has 19 heteroatoms. The number of carbonyl (C=O) groups is 8. The van der Waals surface area contributed by atoms with Crippen LogP contribution in [0.4, 0.5) is 0 Å². The highest BCUT2D eigenvalue weighted by atomic mass is 16.8. The molecule has 2 fully saturated rings. The van der Waals surface area contributed by atoms with Gasteiger partial charge in [-0.2, -0.15) is 0 Å². The quantitative estimate of drug-likeness (QED) is 0.181. The lowest BCUT2D eigenvalue weighted by Gasteiger charge is -2.48. The number of rotatable bonds is 12. The first-order valence-corrected chi connectivity index (χ1v) is 14.2. The summed E-state index contributed by atoms with van der Waals surface area (Å²) in [5.74, 6) is -6.98. The molecule has 0 amide bonds. The lowest BCUT2D eigenvalue weighted by Crippen LogP contribution is -2.66. The lowest BCUT2D eigenvalue weighted by atomic mass is 9.96. The van der Waals surface area contributed by atoms with Gasteiger partial charge in [0.05, 0.1) is 0 Å². The largest absolute Gasteiger partial charge is 0.463 e. The summed E-state index contributed by atoms with van der Waals surface area (Å²) in [5.41, 5.74) is 0. The topological polar surface area (TPSA) is 238 Å². The standard InChI is InChI=1S/C28H38O19/c1-11(29)37-9-19-21(39-13(3)31)23(41-15(5)33)25(43-17(7)35)27(45-19)47-28-26(44-18(8)36)24(42-16(6)34)22(40-14(4)32)20(46-28)10-38-12(2)30/h19-28H,9-10H2,1-8H3/t19-,20-,21-,22-,23+,24+,25-,26-,27-,28-/m1/s1. The molecule has 0 unspecified atom stereocenters. The molecule has 47 heavy (non-hydrogen) atoms. The highest BCUT2D eigenvalue weighted by Gasteiger charge is 2.57. The van der Waals surface area contributed by atoms with Crippen LogP contribution in [0.1, 0.15) is 55.4 Å². The van der Waals surface area contributed by atoms with Gasteiger partial charge in [0.1, 0.15) is 25.4 Å². The van der Waals surface area contributed by atoms with Gasteiger partial charge in [-0.25, -0.2) is 0 Å². The third-order valence-corrected chi connectivity index (χ3v) is 6.16. The second-order valence-electron chi connectivity index (χ2n) is 10.3. The SMILES string of the molecule is CC(=O)OC[C@H]1O[C@H](O[C@H]2O[C@H](COC(C)=O)[C@@H](OC(C)=O)[C@H](OC(C)=O)[C@H]2OC(C)=O)[C@H](OC(C)=O)[C@@H](OC(C)=O)[C@@H]1OC(C)=O. The molecule has 0 saturated carbocycles. The average Bonchev–Trinajstić information content (AvgIpc) is 2.91. The third kappa shape index (κ3) is 12.1. The van der Waals surface area contributed by atoms with E-state index in [9.17, 15) is 38.4 Å². The maximum atomic E-state index is 12.2. The second kappa shape index (κ2) is 17.5. The van der Waals surface area contributed by atoms with Crippen molar-refractivity contribution in [1.29, 1.82) is 0 Å². The maximum absolute atomic E-state index is 12.2. The molecule has 2 saturated heterocycles. The number of hydrogen-bond acceptors (Lipinski definition) is 19. The fourth-order valence-electron chi connectivity index (χ4n) is 4.73. The Labute approximate surface area is 268 Å². The van der Waals surface area contributed by atoms with Gasteiger partial charge in [-0.3, -0.25) is 38.4 Å². The summed E-state index contributed by atoms with van der Waals surface area (Å²) >= 11 is 0. The van der Waals surface area contributed by atoms with Gasteiger partial charge in [0.15, 0.2) is 36.6 Å². The zero-order valence-electron chi connectivity index (χ0n) is 26.9. The number of ether oxygens (including phenoxy) is 11. The molecule has 10 atom stereocenters. The van der Waals surface area contributed by atoms with Gasteiger partial charge in [0.25, 0.3) is 0 Å². The second-order valence-corrected chi connectivity index (χ2v) is 10.3. The van der Waals surface area contributed by atoms with Crippen molar-refractivity contribution in [2.45, 2.75) is 117 Å². The Morgan fingerprint density at radius 2 is 0.638 bits per heavy atom. The first kappa shape index (κ1) is 38.8. The fourth-order valence-corrected chi connectivity index (χ4v) is 4.73. The van der Waals surface area contributed by atoms with Crippen LogP contribution in [-0.2, 0) is 90.5 Å². The van der Waals surface area contributed by atoms with Crippen LogP contribution in [0.5, 0.6) is 0 Å². The maximum Gasteiger partial charge on any atom is 0.303 e. The first-order chi connectivity index (χ1) is 21.9. The van der Waals surface area contributed by atoms with Crippen LogP contribution in [0.25, 0.3) is 0 Å². The summed E-state index contributed by atoms with van der Waals surface area (Å²) in [5, 5.41) is 0. The van der Waals surface area contributed by atoms with Gasteiger partial charge in [0, 0.05) is 55.4 Å². The van der Waals surface area contributed by atoms with Crippen molar-refractivity contribution in [3.05, 3.63) is 0 Å². The normalized spacial score (nSPS) is 30.0. The van der Waals surface area contributed by atoms with Crippen molar-refractivity contribution in [2.75, 3.05) is 13.2 Å². The van der Waals surface area contributed by atoms with Gasteiger partial charge in [-0.15, -0.1) is 0 Å². The van der Waals surface area contributed by atoms with E-state index in [4.69, 9.17) is 52.1 Å². The van der Waals surface area contributed by atoms with Crippen molar-refractivity contribution in [3.8, 4) is 0 Å². The van der Waals surface area contributed by atoms with E-state index in [1.54, 1.807) is 0 Å². The van der Waals surface area contributed by atoms with Gasteiger partial charge in [0.2, 0.25) is 12.6 Å². The molecule has 2 heterocycles. The van der Waals surface area contributed by atoms with Gasteiger partial charge in [-0.1, -0.05) is 0 Å². The highest BCUT2D eigenvalue weighted by molar-refractivity contribution is 5.70. The molecule has 0 N–H and O–H groups in total. The zero-order valence-corrected chi connectivity index (χ0v) is 26.9. The predicted octanol–water partition coefficient (Wildman–Crippen LogP) is -0.831. The summed E-state index contributed by atoms with van der Waals surface area (Å²) < 4.78 is 60.1. The first-order valence-electron chi connectivity index (χ1n) is 14.2. The van der Waals surface area contributed by atoms with Crippen LogP contribution in [0, 0.1) is 0 Å². The Balaban J connectivity index is 2.69.